The van der Waals surface area contributed by atoms with E-state index in [1.54, 1.807) is 0 Å². The number of phosphoric ester groups is 1. The summed E-state index contributed by atoms with van der Waals surface area (Å²) >= 11 is 0. The monoisotopic (exact) mass is 730 g/mol. The Labute approximate surface area is 296 Å². The topological polar surface area (TPSA) is 210 Å². The molecule has 6 N–H and O–H groups in total. The molecule has 0 aromatic heterocycles. The second kappa shape index (κ2) is 27.2. The van der Waals surface area contributed by atoms with Gasteiger partial charge in [-0.25, -0.2) is 4.57 Å². The van der Waals surface area contributed by atoms with Gasteiger partial charge in [0.15, 0.2) is 6.10 Å². The lowest BCUT2D eigenvalue weighted by Crippen LogP contribution is -2.64. The number of aliphatic hydroxyl groups is 5. The van der Waals surface area contributed by atoms with Crippen LogP contribution in [0.5, 0.6) is 0 Å². The van der Waals surface area contributed by atoms with Crippen LogP contribution in [0.1, 0.15) is 97.3 Å². The number of carbonyl (C=O) groups excluding carboxylic acids is 2. The Bertz CT molecular complexity index is 1120. The maximum absolute atomic E-state index is 12.7. The second-order valence-corrected chi connectivity index (χ2v) is 13.5. The zero-order chi connectivity index (χ0) is 37.2. The molecule has 0 aromatic carbocycles. The summed E-state index contributed by atoms with van der Waals surface area (Å²) in [5, 5.41) is 49.8. The highest BCUT2D eigenvalue weighted by Gasteiger charge is 2.51. The molecule has 14 heteroatoms. The maximum atomic E-state index is 12.7. The molecule has 0 spiro atoms. The molecular weight excluding hydrogens is 671 g/mol. The van der Waals surface area contributed by atoms with E-state index in [4.69, 9.17) is 18.5 Å². The van der Waals surface area contributed by atoms with Crippen LogP contribution in [0.3, 0.4) is 0 Å². The number of allylic oxidation sites excluding steroid dienone is 10. The van der Waals surface area contributed by atoms with Crippen molar-refractivity contribution >= 4 is 19.8 Å². The van der Waals surface area contributed by atoms with Crippen LogP contribution in [-0.4, -0.2) is 98.3 Å². The smallest absolute Gasteiger partial charge is 0.462 e. The zero-order valence-electron chi connectivity index (χ0n) is 29.4. The van der Waals surface area contributed by atoms with Crippen molar-refractivity contribution in [3.63, 3.8) is 0 Å². The zero-order valence-corrected chi connectivity index (χ0v) is 30.3. The van der Waals surface area contributed by atoms with E-state index in [0.29, 0.717) is 19.3 Å². The Morgan fingerprint density at radius 2 is 1.14 bits per heavy atom. The molecule has 50 heavy (non-hydrogen) atoms. The average molecular weight is 731 g/mol. The summed E-state index contributed by atoms with van der Waals surface area (Å²) in [4.78, 5) is 35.2. The lowest BCUT2D eigenvalue weighted by Gasteiger charge is -2.41. The largest absolute Gasteiger partial charge is 0.472 e. The number of esters is 2. The van der Waals surface area contributed by atoms with Crippen molar-refractivity contribution in [1.82, 2.24) is 0 Å². The predicted octanol–water partition coefficient (Wildman–Crippen LogP) is 4.65. The Kier molecular flexibility index (Phi) is 24.8. The fourth-order valence-electron chi connectivity index (χ4n) is 4.84. The highest BCUT2D eigenvalue weighted by molar-refractivity contribution is 7.47. The fraction of sp³-hybridized carbons (Fsp3) is 0.667. The molecule has 1 fully saturated rings. The average Bonchev–Trinajstić information content (AvgIpc) is 3.09. The number of rotatable bonds is 26. The van der Waals surface area contributed by atoms with E-state index in [1.807, 2.05) is 54.7 Å². The first-order valence-corrected chi connectivity index (χ1v) is 19.2. The minimum absolute atomic E-state index is 0.00141. The summed E-state index contributed by atoms with van der Waals surface area (Å²) in [5.41, 5.74) is 0. The van der Waals surface area contributed by atoms with Crippen molar-refractivity contribution in [3.05, 3.63) is 60.8 Å². The van der Waals surface area contributed by atoms with E-state index in [0.717, 1.165) is 32.1 Å². The lowest BCUT2D eigenvalue weighted by atomic mass is 9.85. The number of hydrogen-bond donors (Lipinski definition) is 6. The SMILES string of the molecule is CC/C=C/C=C/C=C/C=C/C=C/CCCC(=O)OC(COC(=O)CCCCCCCCCC)COP(=O)(O)OC1C(O)C(O)C(O)[C@@H](O)C1O. The molecule has 0 amide bonds. The number of phosphoric acid groups is 1. The molecule has 13 nitrogen and oxygen atoms in total. The van der Waals surface area contributed by atoms with Crippen LogP contribution >= 0.6 is 7.82 Å². The summed E-state index contributed by atoms with van der Waals surface area (Å²) in [6.07, 6.45) is 16.3. The van der Waals surface area contributed by atoms with Crippen LogP contribution in [0, 0.1) is 0 Å². The molecule has 0 radical (unpaired) electrons. The van der Waals surface area contributed by atoms with Gasteiger partial charge in [-0.1, -0.05) is 120 Å². The maximum Gasteiger partial charge on any atom is 0.472 e. The van der Waals surface area contributed by atoms with Gasteiger partial charge in [-0.3, -0.25) is 18.6 Å². The molecule has 1 saturated carbocycles. The van der Waals surface area contributed by atoms with Gasteiger partial charge in [0.1, 0.15) is 43.2 Å². The van der Waals surface area contributed by atoms with Gasteiger partial charge in [-0.05, 0) is 25.7 Å². The third-order valence-corrected chi connectivity index (χ3v) is 8.74. The van der Waals surface area contributed by atoms with Crippen molar-refractivity contribution in [1.29, 1.82) is 0 Å². The summed E-state index contributed by atoms with van der Waals surface area (Å²) in [7, 11) is -5.12. The summed E-state index contributed by atoms with van der Waals surface area (Å²) in [5.74, 6) is -1.20. The van der Waals surface area contributed by atoms with E-state index in [9.17, 15) is 44.6 Å². The lowest BCUT2D eigenvalue weighted by molar-refractivity contribution is -0.220. The first-order chi connectivity index (χ1) is 23.9. The van der Waals surface area contributed by atoms with Gasteiger partial charge < -0.3 is 39.9 Å². The Hall–Kier alpha value is -2.45. The van der Waals surface area contributed by atoms with Gasteiger partial charge in [0.2, 0.25) is 0 Å². The molecule has 1 aliphatic carbocycles. The van der Waals surface area contributed by atoms with Gasteiger partial charge in [-0.2, -0.15) is 0 Å². The van der Waals surface area contributed by atoms with Crippen molar-refractivity contribution in [2.75, 3.05) is 13.2 Å². The number of hydrogen-bond acceptors (Lipinski definition) is 12. The molecule has 286 valence electrons. The Morgan fingerprint density at radius 1 is 0.640 bits per heavy atom. The molecule has 1 aliphatic rings. The van der Waals surface area contributed by atoms with Crippen molar-refractivity contribution < 1.29 is 63.1 Å². The van der Waals surface area contributed by atoms with Gasteiger partial charge in [-0.15, -0.1) is 0 Å². The van der Waals surface area contributed by atoms with Gasteiger partial charge >= 0.3 is 19.8 Å². The predicted molar refractivity (Wildman–Crippen MR) is 189 cm³/mol. The van der Waals surface area contributed by atoms with Crippen molar-refractivity contribution in [2.45, 2.75) is 140 Å². The van der Waals surface area contributed by atoms with E-state index in [1.165, 1.54) is 19.3 Å². The second-order valence-electron chi connectivity index (χ2n) is 12.1. The van der Waals surface area contributed by atoms with E-state index < -0.39 is 75.7 Å². The molecular formula is C36H59O13P. The number of carbonyl (C=O) groups is 2. The van der Waals surface area contributed by atoms with E-state index in [-0.39, 0.29) is 12.8 Å². The molecule has 7 unspecified atom stereocenters. The van der Waals surface area contributed by atoms with Crippen LogP contribution in [0.2, 0.25) is 0 Å². The molecule has 0 heterocycles. The van der Waals surface area contributed by atoms with Gasteiger partial charge in [0.25, 0.3) is 0 Å². The van der Waals surface area contributed by atoms with E-state index in [2.05, 4.69) is 19.9 Å². The third kappa shape index (κ3) is 20.4. The molecule has 0 saturated heterocycles. The summed E-state index contributed by atoms with van der Waals surface area (Å²) < 4.78 is 33.1. The number of ether oxygens (including phenoxy) is 2. The van der Waals surface area contributed by atoms with Crippen molar-refractivity contribution in [2.24, 2.45) is 0 Å². The first-order valence-electron chi connectivity index (χ1n) is 17.7. The van der Waals surface area contributed by atoms with Gasteiger partial charge in [0, 0.05) is 12.8 Å². The summed E-state index contributed by atoms with van der Waals surface area (Å²) in [6.45, 7) is 2.99. The van der Waals surface area contributed by atoms with Crippen molar-refractivity contribution in [3.8, 4) is 0 Å². The molecule has 0 aliphatic heterocycles. The minimum atomic E-state index is -5.12. The molecule has 0 aromatic rings. The molecule has 0 bridgehead atoms. The number of unbranched alkanes of at least 4 members (excludes halogenated alkanes) is 8. The highest BCUT2D eigenvalue weighted by atomic mass is 31.2. The first kappa shape index (κ1) is 45.6. The normalized spacial score (nSPS) is 24.9. The van der Waals surface area contributed by atoms with Crippen LogP contribution < -0.4 is 0 Å². The Balaban J connectivity index is 2.66. The van der Waals surface area contributed by atoms with Crippen LogP contribution in [0.15, 0.2) is 60.8 Å². The minimum Gasteiger partial charge on any atom is -0.462 e. The quantitative estimate of drug-likeness (QED) is 0.0310. The van der Waals surface area contributed by atoms with Gasteiger partial charge in [0.05, 0.1) is 6.61 Å². The number of aliphatic hydroxyl groups excluding tert-OH is 5. The van der Waals surface area contributed by atoms with Crippen LogP contribution in [-0.2, 0) is 32.7 Å². The standard InChI is InChI=1S/C36H59O13P/c1-3-5-7-9-11-13-14-15-16-17-19-21-23-25-30(38)48-28(26-46-29(37)24-22-20-18-12-10-8-6-4-2)27-47-50(44,45)49-36-34(42)32(40)31(39)33(41)35(36)43/h5,7,9,11,13-17,19,28,31-36,39-43H,3-4,6,8,10,12,18,20-27H2,1-2H3,(H,44,45)/b7-5+,11-9+,14-13+,16-15+,19-17+/t28?,31?,32-,33?,34?,35?,36?/m1/s1. The van der Waals surface area contributed by atoms with E-state index >= 15 is 0 Å². The van der Waals surface area contributed by atoms with Crippen LogP contribution in [0.4, 0.5) is 0 Å². The highest BCUT2D eigenvalue weighted by Crippen LogP contribution is 2.47. The molecule has 8 atom stereocenters. The van der Waals surface area contributed by atoms with Crippen LogP contribution in [0.25, 0.3) is 0 Å². The molecule has 1 rings (SSSR count). The third-order valence-electron chi connectivity index (χ3n) is 7.75. The Morgan fingerprint density at radius 3 is 1.72 bits per heavy atom. The summed E-state index contributed by atoms with van der Waals surface area (Å²) in [6, 6.07) is 0. The fourth-order valence-corrected chi connectivity index (χ4v) is 5.82.